The highest BCUT2D eigenvalue weighted by Crippen LogP contribution is 2.39. The fourth-order valence-electron chi connectivity index (χ4n) is 5.44. The lowest BCUT2D eigenvalue weighted by Crippen LogP contribution is -2.37. The highest BCUT2D eigenvalue weighted by Gasteiger charge is 2.26. The van der Waals surface area contributed by atoms with Gasteiger partial charge in [0.2, 0.25) is 11.5 Å². The second kappa shape index (κ2) is 18.0. The molecule has 1 aliphatic rings. The third kappa shape index (κ3) is 9.94. The molecule has 0 aliphatic heterocycles. The largest absolute Gasteiger partial charge is 0.493 e. The van der Waals surface area contributed by atoms with Crippen molar-refractivity contribution in [1.29, 1.82) is 0 Å². The maximum absolute atomic E-state index is 12.6. The van der Waals surface area contributed by atoms with Gasteiger partial charge >= 0.3 is 11.9 Å². The van der Waals surface area contributed by atoms with Crippen LogP contribution in [-0.4, -0.2) is 91.8 Å². The number of carbonyl (C=O) groups excluding carboxylic acids is 2. The molecule has 248 valence electrons. The number of nitrogens with zero attached hydrogens (tertiary/aromatic N) is 1. The van der Waals surface area contributed by atoms with Gasteiger partial charge in [0.15, 0.2) is 23.0 Å². The van der Waals surface area contributed by atoms with Gasteiger partial charge in [-0.15, -0.1) is 0 Å². The van der Waals surface area contributed by atoms with E-state index < -0.39 is 5.97 Å². The second-order valence-corrected chi connectivity index (χ2v) is 10.8. The number of unbranched alkanes of at least 4 members (excludes halogenated alkanes) is 2. The summed E-state index contributed by atoms with van der Waals surface area (Å²) in [6.07, 6.45) is 9.33. The Kier molecular flexibility index (Phi) is 14.1. The van der Waals surface area contributed by atoms with Crippen LogP contribution in [0.3, 0.4) is 0 Å². The maximum Gasteiger partial charge on any atom is 0.338 e. The van der Waals surface area contributed by atoms with E-state index in [9.17, 15) is 9.59 Å². The van der Waals surface area contributed by atoms with E-state index in [1.165, 1.54) is 27.4 Å². The molecule has 1 fully saturated rings. The van der Waals surface area contributed by atoms with E-state index in [1.54, 1.807) is 51.7 Å². The number of carbonyl (C=O) groups is 2. The van der Waals surface area contributed by atoms with Gasteiger partial charge in [-0.25, -0.2) is 9.59 Å². The maximum atomic E-state index is 12.6. The number of esters is 2. The van der Waals surface area contributed by atoms with E-state index >= 15 is 0 Å². The third-order valence-corrected chi connectivity index (χ3v) is 7.94. The van der Waals surface area contributed by atoms with E-state index in [1.807, 2.05) is 0 Å². The molecule has 2 aromatic rings. The lowest BCUT2D eigenvalue weighted by atomic mass is 9.92. The van der Waals surface area contributed by atoms with Gasteiger partial charge in [-0.2, -0.15) is 0 Å². The van der Waals surface area contributed by atoms with Crippen molar-refractivity contribution in [2.75, 3.05) is 62.9 Å². The highest BCUT2D eigenvalue weighted by atomic mass is 16.6. The van der Waals surface area contributed by atoms with Crippen molar-refractivity contribution in [3.63, 3.8) is 0 Å². The molecule has 0 heterocycles. The first-order chi connectivity index (χ1) is 21.8. The van der Waals surface area contributed by atoms with Crippen LogP contribution in [0.5, 0.6) is 34.5 Å². The van der Waals surface area contributed by atoms with Crippen LogP contribution >= 0.6 is 0 Å². The lowest BCUT2D eigenvalue weighted by Gasteiger charge is -2.34. The summed E-state index contributed by atoms with van der Waals surface area (Å²) in [7, 11) is 11.3. The van der Waals surface area contributed by atoms with E-state index in [0.29, 0.717) is 52.7 Å². The number of hydrogen-bond donors (Lipinski definition) is 0. The molecule has 1 saturated carbocycles. The standard InChI is InChI=1S/C34H47NO10/c1-35(17-9-8-10-18-44-34(37)24-21-29(40-4)33(43-7)30(22-24)41-5)25-12-14-26(15-13-25)45-31(36)16-11-23-19-27(38-2)32(42-6)28(20-23)39-3/h11,16,19-22,25-26H,8-10,12-15,17-18H2,1-7H3/b16-11+. The van der Waals surface area contributed by atoms with Crippen LogP contribution in [0, 0.1) is 0 Å². The van der Waals surface area contributed by atoms with Crippen molar-refractivity contribution < 1.29 is 47.5 Å². The van der Waals surface area contributed by atoms with E-state index in [2.05, 4.69) is 11.9 Å². The molecule has 0 aromatic heterocycles. The number of rotatable bonds is 17. The molecule has 0 spiro atoms. The van der Waals surface area contributed by atoms with Gasteiger partial charge in [-0.3, -0.25) is 0 Å². The van der Waals surface area contributed by atoms with Crippen molar-refractivity contribution in [1.82, 2.24) is 4.90 Å². The summed E-state index contributed by atoms with van der Waals surface area (Å²) in [4.78, 5) is 27.5. The zero-order valence-electron chi connectivity index (χ0n) is 27.5. The predicted octanol–water partition coefficient (Wildman–Crippen LogP) is 5.56. The van der Waals surface area contributed by atoms with E-state index in [0.717, 1.165) is 57.1 Å². The molecule has 11 heteroatoms. The molecule has 0 radical (unpaired) electrons. The fourth-order valence-corrected chi connectivity index (χ4v) is 5.44. The van der Waals surface area contributed by atoms with Crippen LogP contribution < -0.4 is 28.4 Å². The number of benzene rings is 2. The van der Waals surface area contributed by atoms with Crippen LogP contribution in [0.15, 0.2) is 30.3 Å². The van der Waals surface area contributed by atoms with E-state index in [-0.39, 0.29) is 12.1 Å². The first-order valence-corrected chi connectivity index (χ1v) is 15.1. The van der Waals surface area contributed by atoms with Crippen molar-refractivity contribution >= 4 is 18.0 Å². The summed E-state index contributed by atoms with van der Waals surface area (Å²) < 4.78 is 43.2. The third-order valence-electron chi connectivity index (χ3n) is 7.94. The molecule has 0 atom stereocenters. The van der Waals surface area contributed by atoms with Gasteiger partial charge in [0.05, 0.1) is 54.8 Å². The number of ether oxygens (including phenoxy) is 8. The Hall–Kier alpha value is -4.12. The van der Waals surface area contributed by atoms with Crippen LogP contribution in [0.4, 0.5) is 0 Å². The minimum atomic E-state index is -0.430. The van der Waals surface area contributed by atoms with Crippen molar-refractivity contribution in [3.05, 3.63) is 41.5 Å². The Morgan fingerprint density at radius 3 is 1.78 bits per heavy atom. The zero-order valence-corrected chi connectivity index (χ0v) is 27.5. The van der Waals surface area contributed by atoms with Crippen molar-refractivity contribution in [2.24, 2.45) is 0 Å². The molecule has 11 nitrogen and oxygen atoms in total. The molecular formula is C34H47NO10. The molecular weight excluding hydrogens is 582 g/mol. The minimum absolute atomic E-state index is 0.0907. The molecule has 0 N–H and O–H groups in total. The van der Waals surface area contributed by atoms with Crippen LogP contribution in [0.1, 0.15) is 60.9 Å². The van der Waals surface area contributed by atoms with Gasteiger partial charge in [-0.05, 0) is 94.4 Å². The SMILES string of the molecule is COc1cc(/C=C/C(=O)OC2CCC(N(C)CCCCCOC(=O)c3cc(OC)c(OC)c(OC)c3)CC2)cc(OC)c1OC. The summed E-state index contributed by atoms with van der Waals surface area (Å²) >= 11 is 0. The summed E-state index contributed by atoms with van der Waals surface area (Å²) in [6.45, 7) is 1.29. The Morgan fingerprint density at radius 1 is 0.733 bits per heavy atom. The molecule has 45 heavy (non-hydrogen) atoms. The second-order valence-electron chi connectivity index (χ2n) is 10.8. The molecule has 0 saturated heterocycles. The summed E-state index contributed by atoms with van der Waals surface area (Å²) in [5, 5.41) is 0. The normalized spacial score (nSPS) is 16.3. The Morgan fingerprint density at radius 2 is 1.27 bits per heavy atom. The molecule has 0 unspecified atom stereocenters. The predicted molar refractivity (Wildman–Crippen MR) is 170 cm³/mol. The number of hydrogen-bond acceptors (Lipinski definition) is 11. The first-order valence-electron chi connectivity index (χ1n) is 15.1. The van der Waals surface area contributed by atoms with Crippen LogP contribution in [0.2, 0.25) is 0 Å². The molecule has 1 aliphatic carbocycles. The van der Waals surface area contributed by atoms with Crippen molar-refractivity contribution in [2.45, 2.75) is 57.1 Å². The van der Waals surface area contributed by atoms with E-state index in [4.69, 9.17) is 37.9 Å². The van der Waals surface area contributed by atoms with Crippen molar-refractivity contribution in [3.8, 4) is 34.5 Å². The van der Waals surface area contributed by atoms with Gasteiger partial charge in [0, 0.05) is 12.1 Å². The van der Waals surface area contributed by atoms with Gasteiger partial charge in [0.25, 0.3) is 0 Å². The lowest BCUT2D eigenvalue weighted by molar-refractivity contribution is -0.144. The summed E-state index contributed by atoms with van der Waals surface area (Å²) in [5.41, 5.74) is 1.09. The fraction of sp³-hybridized carbons (Fsp3) is 0.529. The minimum Gasteiger partial charge on any atom is -0.493 e. The molecule has 0 amide bonds. The zero-order chi connectivity index (χ0) is 32.8. The quantitative estimate of drug-likeness (QED) is 0.124. The van der Waals surface area contributed by atoms with Crippen LogP contribution in [0.25, 0.3) is 6.08 Å². The Balaban J connectivity index is 1.34. The Labute approximate surface area is 266 Å². The Bertz CT molecular complexity index is 1240. The summed E-state index contributed by atoms with van der Waals surface area (Å²) in [5.74, 6) is 1.97. The van der Waals surface area contributed by atoms with Crippen LogP contribution in [-0.2, 0) is 14.3 Å². The monoisotopic (exact) mass is 629 g/mol. The highest BCUT2D eigenvalue weighted by molar-refractivity contribution is 5.91. The van der Waals surface area contributed by atoms with Gasteiger partial charge in [-0.1, -0.05) is 0 Å². The van der Waals surface area contributed by atoms with Gasteiger partial charge in [0.1, 0.15) is 6.10 Å². The summed E-state index contributed by atoms with van der Waals surface area (Å²) in [6, 6.07) is 7.17. The molecule has 2 aromatic carbocycles. The molecule has 0 bridgehead atoms. The number of methoxy groups -OCH3 is 6. The first kappa shape index (κ1) is 35.4. The average molecular weight is 630 g/mol. The molecule has 3 rings (SSSR count). The average Bonchev–Trinajstić information content (AvgIpc) is 3.07. The van der Waals surface area contributed by atoms with Gasteiger partial charge < -0.3 is 42.8 Å². The smallest absolute Gasteiger partial charge is 0.338 e. The topological polar surface area (TPSA) is 111 Å².